The van der Waals surface area contributed by atoms with Crippen LogP contribution in [0.1, 0.15) is 24.6 Å². The summed E-state index contributed by atoms with van der Waals surface area (Å²) in [5.41, 5.74) is 15.1. The molecule has 0 spiro atoms. The van der Waals surface area contributed by atoms with Crippen molar-refractivity contribution in [2.24, 2.45) is 0 Å². The van der Waals surface area contributed by atoms with Gasteiger partial charge < -0.3 is 19.2 Å². The van der Waals surface area contributed by atoms with Crippen LogP contribution in [0.25, 0.3) is 91.9 Å². The first-order chi connectivity index (χ1) is 29.7. The molecule has 1 N–H and O–H groups in total. The number of nitrogens with zero attached hydrogens (tertiary/aromatic N) is 2. The molecule has 2 aliphatic rings. The van der Waals surface area contributed by atoms with Crippen molar-refractivity contribution in [2.45, 2.75) is 19.0 Å². The molecular formula is C55H37N3OS. The maximum Gasteiger partial charge on any atom is 0.136 e. The second-order valence-corrected chi connectivity index (χ2v) is 17.1. The van der Waals surface area contributed by atoms with Crippen LogP contribution in [0.4, 0.5) is 11.4 Å². The molecule has 0 radical (unpaired) electrons. The Bertz CT molecular complexity index is 3560. The van der Waals surface area contributed by atoms with E-state index in [0.29, 0.717) is 0 Å². The molecule has 0 amide bonds. The summed E-state index contributed by atoms with van der Waals surface area (Å²) in [6.07, 6.45) is 8.78. The summed E-state index contributed by atoms with van der Waals surface area (Å²) in [6, 6.07) is 62.1. The summed E-state index contributed by atoms with van der Waals surface area (Å²) < 4.78 is 11.5. The first-order valence-electron chi connectivity index (χ1n) is 20.7. The monoisotopic (exact) mass is 787 g/mol. The number of furan rings is 1. The molecule has 0 saturated carbocycles. The fourth-order valence-electron chi connectivity index (χ4n) is 9.91. The highest BCUT2D eigenvalue weighted by atomic mass is 32.1. The van der Waals surface area contributed by atoms with Crippen molar-refractivity contribution in [1.82, 2.24) is 4.57 Å². The number of thiophene rings is 1. The number of benzene rings is 8. The third kappa shape index (κ3) is 5.09. The van der Waals surface area contributed by atoms with E-state index in [-0.39, 0.29) is 6.17 Å². The van der Waals surface area contributed by atoms with Crippen LogP contribution >= 0.6 is 11.3 Å². The molecule has 13 rings (SSSR count). The highest BCUT2D eigenvalue weighted by molar-refractivity contribution is 7.25. The van der Waals surface area contributed by atoms with Crippen molar-refractivity contribution < 1.29 is 4.42 Å². The molecule has 3 aromatic heterocycles. The molecule has 60 heavy (non-hydrogen) atoms. The minimum absolute atomic E-state index is 0.00365. The van der Waals surface area contributed by atoms with E-state index in [1.165, 1.54) is 86.9 Å². The molecule has 284 valence electrons. The second kappa shape index (κ2) is 13.1. The van der Waals surface area contributed by atoms with Crippen molar-refractivity contribution >= 4 is 86.6 Å². The Labute approximate surface area is 350 Å². The fourth-order valence-corrected chi connectivity index (χ4v) is 11.1. The van der Waals surface area contributed by atoms with E-state index in [2.05, 4.69) is 203 Å². The largest absolute Gasteiger partial charge is 0.456 e. The molecule has 0 bridgehead atoms. The Kier molecular flexibility index (Phi) is 7.33. The maximum absolute atomic E-state index is 6.55. The predicted octanol–water partition coefficient (Wildman–Crippen LogP) is 15.5. The molecule has 1 aliphatic heterocycles. The van der Waals surface area contributed by atoms with Crippen molar-refractivity contribution in [1.29, 1.82) is 0 Å². The molecule has 11 aromatic rings. The van der Waals surface area contributed by atoms with Crippen LogP contribution in [-0.2, 0) is 0 Å². The quantitative estimate of drug-likeness (QED) is 0.189. The van der Waals surface area contributed by atoms with Gasteiger partial charge in [0.05, 0.1) is 22.4 Å². The van der Waals surface area contributed by atoms with Crippen LogP contribution in [0.5, 0.6) is 0 Å². The number of rotatable bonds is 5. The summed E-state index contributed by atoms with van der Waals surface area (Å²) >= 11 is 1.87. The summed E-state index contributed by atoms with van der Waals surface area (Å²) in [5.74, 6) is 0. The Morgan fingerprint density at radius 1 is 0.567 bits per heavy atom. The number of allylic oxidation sites excluding steroid dienone is 4. The molecule has 0 saturated heterocycles. The summed E-state index contributed by atoms with van der Waals surface area (Å²) in [4.78, 5) is 2.48. The molecule has 5 heteroatoms. The lowest BCUT2D eigenvalue weighted by Gasteiger charge is -2.30. The van der Waals surface area contributed by atoms with Gasteiger partial charge in [0.15, 0.2) is 0 Å². The Morgan fingerprint density at radius 2 is 1.32 bits per heavy atom. The van der Waals surface area contributed by atoms with Crippen molar-refractivity contribution in [3.63, 3.8) is 0 Å². The Hall–Kier alpha value is -7.34. The van der Waals surface area contributed by atoms with Crippen LogP contribution in [0.15, 0.2) is 198 Å². The Balaban J connectivity index is 0.889. The number of hydrogen-bond acceptors (Lipinski definition) is 4. The standard InChI is InChI=1S/C55H37N3OS/c1-2-14-38(15-3-1)58-49-22-9-6-19-46(49)56-55(58)37-13-10-12-36(30-37)40-18-11-23-51-54(40)45-31-34(25-29-50(45)59-51)35-24-27-43-44-28-26-39(33-53(44)60-52(43)32-35)57-47-20-7-4-16-41(47)42-17-5-8-21-48(42)57/h1-2,4-14,16-33,55-56H,3,15H2. The van der Waals surface area contributed by atoms with Gasteiger partial charge >= 0.3 is 0 Å². The van der Waals surface area contributed by atoms with Gasteiger partial charge in [0.2, 0.25) is 0 Å². The first kappa shape index (κ1) is 33.6. The molecule has 8 aromatic carbocycles. The van der Waals surface area contributed by atoms with Gasteiger partial charge in [-0.05, 0) is 113 Å². The average Bonchev–Trinajstić information content (AvgIpc) is 4.07. The van der Waals surface area contributed by atoms with Crippen LogP contribution in [0.3, 0.4) is 0 Å². The molecular weight excluding hydrogens is 751 g/mol. The molecule has 0 fully saturated rings. The lowest BCUT2D eigenvalue weighted by Crippen LogP contribution is -2.28. The maximum atomic E-state index is 6.55. The zero-order valence-corrected chi connectivity index (χ0v) is 33.4. The van der Waals surface area contributed by atoms with Gasteiger partial charge in [-0.3, -0.25) is 0 Å². The molecule has 4 nitrogen and oxygen atoms in total. The minimum atomic E-state index is -0.00365. The van der Waals surface area contributed by atoms with Gasteiger partial charge in [0.25, 0.3) is 0 Å². The Morgan fingerprint density at radius 3 is 2.17 bits per heavy atom. The van der Waals surface area contributed by atoms with Gasteiger partial charge in [-0.25, -0.2) is 0 Å². The van der Waals surface area contributed by atoms with Gasteiger partial charge in [0.1, 0.15) is 17.3 Å². The fraction of sp³-hybridized carbons (Fsp3) is 0.0545. The zero-order chi connectivity index (χ0) is 39.3. The SMILES string of the molecule is C1=CCCC(N2c3ccccc3NC2c2cccc(-c3cccc4oc5ccc(-c6ccc7c(c6)sc6cc(-n8c9ccccc9c9ccccc98)ccc67)cc5c34)c2)=C1. The topological polar surface area (TPSA) is 33.3 Å². The smallest absolute Gasteiger partial charge is 0.136 e. The molecule has 1 aliphatic carbocycles. The number of anilines is 2. The normalized spacial score (nSPS) is 15.2. The van der Waals surface area contributed by atoms with Crippen LogP contribution < -0.4 is 10.2 Å². The molecule has 1 unspecified atom stereocenters. The number of fused-ring (bicyclic) bond motifs is 10. The number of nitrogens with one attached hydrogen (secondary N) is 1. The zero-order valence-electron chi connectivity index (χ0n) is 32.6. The number of aromatic nitrogens is 1. The number of para-hydroxylation sites is 4. The third-order valence-electron chi connectivity index (χ3n) is 12.7. The van der Waals surface area contributed by atoms with E-state index >= 15 is 0 Å². The first-order valence-corrected chi connectivity index (χ1v) is 21.6. The van der Waals surface area contributed by atoms with Gasteiger partial charge in [0, 0.05) is 53.1 Å². The van der Waals surface area contributed by atoms with Crippen molar-refractivity contribution in [3.8, 4) is 27.9 Å². The summed E-state index contributed by atoms with van der Waals surface area (Å²) in [7, 11) is 0. The van der Waals surface area contributed by atoms with Gasteiger partial charge in [-0.2, -0.15) is 0 Å². The highest BCUT2D eigenvalue weighted by Crippen LogP contribution is 2.47. The third-order valence-corrected chi connectivity index (χ3v) is 13.8. The van der Waals surface area contributed by atoms with Gasteiger partial charge in [-0.15, -0.1) is 11.3 Å². The highest BCUT2D eigenvalue weighted by Gasteiger charge is 2.32. The lowest BCUT2D eigenvalue weighted by atomic mass is 9.95. The van der Waals surface area contributed by atoms with Crippen LogP contribution in [0, 0.1) is 0 Å². The average molecular weight is 788 g/mol. The van der Waals surface area contributed by atoms with E-state index < -0.39 is 0 Å². The van der Waals surface area contributed by atoms with Crippen LogP contribution in [0.2, 0.25) is 0 Å². The molecule has 1 atom stereocenters. The van der Waals surface area contributed by atoms with E-state index in [9.17, 15) is 0 Å². The van der Waals surface area contributed by atoms with Crippen molar-refractivity contribution in [3.05, 3.63) is 199 Å². The predicted molar refractivity (Wildman–Crippen MR) is 254 cm³/mol. The summed E-state index contributed by atoms with van der Waals surface area (Å²) in [5, 5.41) is 11.3. The van der Waals surface area contributed by atoms with E-state index in [1.807, 2.05) is 11.3 Å². The minimum Gasteiger partial charge on any atom is -0.456 e. The van der Waals surface area contributed by atoms with Crippen LogP contribution in [-0.4, -0.2) is 4.57 Å². The molecule has 4 heterocycles. The lowest BCUT2D eigenvalue weighted by molar-refractivity contribution is 0.669. The van der Waals surface area contributed by atoms with Gasteiger partial charge in [-0.1, -0.05) is 115 Å². The number of hydrogen-bond donors (Lipinski definition) is 1. The second-order valence-electron chi connectivity index (χ2n) is 16.0. The van der Waals surface area contributed by atoms with E-state index in [0.717, 1.165) is 40.5 Å². The summed E-state index contributed by atoms with van der Waals surface area (Å²) in [6.45, 7) is 0. The van der Waals surface area contributed by atoms with Crippen molar-refractivity contribution in [2.75, 3.05) is 10.2 Å². The van der Waals surface area contributed by atoms with E-state index in [1.54, 1.807) is 0 Å². The van der Waals surface area contributed by atoms with E-state index in [4.69, 9.17) is 4.42 Å².